The second kappa shape index (κ2) is 5.61. The largest absolute Gasteiger partial charge is 0.343 e. The summed E-state index contributed by atoms with van der Waals surface area (Å²) in [6.45, 7) is 9.91. The van der Waals surface area contributed by atoms with Crippen molar-refractivity contribution in [2.75, 3.05) is 13.1 Å². The minimum absolute atomic E-state index is 0.0546. The molecule has 0 aromatic carbocycles. The SMILES string of the molecule is Cc1nnc2sc(C3CCN(C(=O)CC(C)(C)C)CC3)nn12. The van der Waals surface area contributed by atoms with Crippen molar-refractivity contribution in [3.63, 3.8) is 0 Å². The summed E-state index contributed by atoms with van der Waals surface area (Å²) in [4.78, 5) is 15.2. The molecule has 6 nitrogen and oxygen atoms in total. The van der Waals surface area contributed by atoms with Gasteiger partial charge in [-0.15, -0.1) is 10.2 Å². The predicted molar refractivity (Wildman–Crippen MR) is 86.0 cm³/mol. The van der Waals surface area contributed by atoms with E-state index in [1.165, 1.54) is 0 Å². The number of aromatic nitrogens is 4. The number of hydrogen-bond acceptors (Lipinski definition) is 5. The highest BCUT2D eigenvalue weighted by Gasteiger charge is 2.28. The van der Waals surface area contributed by atoms with Crippen molar-refractivity contribution in [2.24, 2.45) is 5.41 Å². The number of aryl methyl sites for hydroxylation is 1. The highest BCUT2D eigenvalue weighted by Crippen LogP contribution is 2.32. The van der Waals surface area contributed by atoms with Crippen LogP contribution >= 0.6 is 11.3 Å². The van der Waals surface area contributed by atoms with Crippen LogP contribution < -0.4 is 0 Å². The molecule has 1 amide bonds. The van der Waals surface area contributed by atoms with Crippen molar-refractivity contribution in [2.45, 2.75) is 52.9 Å². The standard InChI is InChI=1S/C15H23N5OS/c1-10-16-17-14-20(10)18-13(22-14)11-5-7-19(8-6-11)12(21)9-15(2,3)4/h11H,5-9H2,1-4H3. The van der Waals surface area contributed by atoms with Gasteiger partial charge in [0, 0.05) is 25.4 Å². The molecule has 0 atom stereocenters. The number of carbonyl (C=O) groups excluding carboxylic acids is 1. The van der Waals surface area contributed by atoms with Crippen LogP contribution in [0.25, 0.3) is 4.96 Å². The van der Waals surface area contributed by atoms with Crippen LogP contribution in [-0.4, -0.2) is 43.7 Å². The molecule has 22 heavy (non-hydrogen) atoms. The van der Waals surface area contributed by atoms with E-state index in [0.29, 0.717) is 12.3 Å². The van der Waals surface area contributed by atoms with E-state index in [1.54, 1.807) is 11.3 Å². The number of fused-ring (bicyclic) bond motifs is 1. The molecule has 1 aliphatic rings. The van der Waals surface area contributed by atoms with E-state index in [-0.39, 0.29) is 11.3 Å². The quantitative estimate of drug-likeness (QED) is 0.853. The number of carbonyl (C=O) groups is 1. The van der Waals surface area contributed by atoms with Crippen LogP contribution in [0.4, 0.5) is 0 Å². The lowest BCUT2D eigenvalue weighted by Gasteiger charge is -2.32. The van der Waals surface area contributed by atoms with Gasteiger partial charge in [0.1, 0.15) is 5.01 Å². The average Bonchev–Trinajstić information content (AvgIpc) is 3.00. The lowest BCUT2D eigenvalue weighted by Crippen LogP contribution is -2.39. The zero-order chi connectivity index (χ0) is 15.9. The number of rotatable bonds is 2. The van der Waals surface area contributed by atoms with Gasteiger partial charge < -0.3 is 4.90 Å². The topological polar surface area (TPSA) is 63.4 Å². The Hall–Kier alpha value is -1.50. The molecular formula is C15H23N5OS. The van der Waals surface area contributed by atoms with Gasteiger partial charge in [0.25, 0.3) is 0 Å². The van der Waals surface area contributed by atoms with E-state index < -0.39 is 0 Å². The van der Waals surface area contributed by atoms with Crippen molar-refractivity contribution in [3.05, 3.63) is 10.8 Å². The molecule has 1 saturated heterocycles. The van der Waals surface area contributed by atoms with Crippen LogP contribution in [0.5, 0.6) is 0 Å². The zero-order valence-corrected chi connectivity index (χ0v) is 14.5. The van der Waals surface area contributed by atoms with Gasteiger partial charge in [0.05, 0.1) is 0 Å². The first-order chi connectivity index (χ1) is 10.3. The first-order valence-corrected chi connectivity index (χ1v) is 8.62. The second-order valence-corrected chi connectivity index (χ2v) is 8.26. The summed E-state index contributed by atoms with van der Waals surface area (Å²) < 4.78 is 1.82. The fourth-order valence-corrected chi connectivity index (χ4v) is 3.89. The summed E-state index contributed by atoms with van der Waals surface area (Å²) in [5.41, 5.74) is 0.0546. The minimum Gasteiger partial charge on any atom is -0.343 e. The Kier molecular flexibility index (Phi) is 3.92. The first kappa shape index (κ1) is 15.4. The van der Waals surface area contributed by atoms with E-state index in [0.717, 1.165) is 41.7 Å². The lowest BCUT2D eigenvalue weighted by molar-refractivity contribution is -0.134. The van der Waals surface area contributed by atoms with E-state index in [4.69, 9.17) is 0 Å². The molecule has 0 spiro atoms. The van der Waals surface area contributed by atoms with Gasteiger partial charge in [0.15, 0.2) is 5.82 Å². The van der Waals surface area contributed by atoms with E-state index in [1.807, 2.05) is 16.3 Å². The van der Waals surface area contributed by atoms with Gasteiger partial charge in [-0.25, -0.2) is 0 Å². The molecule has 120 valence electrons. The number of piperidine rings is 1. The van der Waals surface area contributed by atoms with E-state index >= 15 is 0 Å². The third-order valence-corrected chi connectivity index (χ3v) is 5.10. The van der Waals surface area contributed by atoms with Crippen molar-refractivity contribution in [1.82, 2.24) is 24.7 Å². The fourth-order valence-electron chi connectivity index (χ4n) is 2.84. The average molecular weight is 321 g/mol. The molecule has 2 aromatic heterocycles. The third kappa shape index (κ3) is 3.14. The van der Waals surface area contributed by atoms with Gasteiger partial charge in [0.2, 0.25) is 10.9 Å². The molecule has 1 aliphatic heterocycles. The first-order valence-electron chi connectivity index (χ1n) is 7.80. The molecule has 0 radical (unpaired) electrons. The van der Waals surface area contributed by atoms with Gasteiger partial charge in [-0.05, 0) is 25.2 Å². The Bertz CT molecular complexity index is 676. The maximum Gasteiger partial charge on any atom is 0.234 e. The number of likely N-dealkylation sites (tertiary alicyclic amines) is 1. The number of hydrogen-bond donors (Lipinski definition) is 0. The Balaban J connectivity index is 1.62. The summed E-state index contributed by atoms with van der Waals surface area (Å²) in [7, 11) is 0. The smallest absolute Gasteiger partial charge is 0.234 e. The summed E-state index contributed by atoms with van der Waals surface area (Å²) in [6.07, 6.45) is 2.59. The Morgan fingerprint density at radius 2 is 1.95 bits per heavy atom. The van der Waals surface area contributed by atoms with E-state index in [2.05, 4.69) is 36.1 Å². The lowest BCUT2D eigenvalue weighted by atomic mass is 9.90. The predicted octanol–water partition coefficient (Wildman–Crippen LogP) is 2.64. The Labute approximate surface area is 134 Å². The molecule has 2 aromatic rings. The zero-order valence-electron chi connectivity index (χ0n) is 13.7. The second-order valence-electron chi connectivity index (χ2n) is 7.27. The van der Waals surface area contributed by atoms with Crippen LogP contribution in [0.2, 0.25) is 0 Å². The summed E-state index contributed by atoms with van der Waals surface area (Å²) in [5, 5.41) is 13.9. The summed E-state index contributed by atoms with van der Waals surface area (Å²) in [5.74, 6) is 1.54. The van der Waals surface area contributed by atoms with Crippen LogP contribution in [0, 0.1) is 12.3 Å². The van der Waals surface area contributed by atoms with E-state index in [9.17, 15) is 4.79 Å². The Morgan fingerprint density at radius 1 is 1.27 bits per heavy atom. The minimum atomic E-state index is 0.0546. The molecular weight excluding hydrogens is 298 g/mol. The van der Waals surface area contributed by atoms with Crippen molar-refractivity contribution in [3.8, 4) is 0 Å². The molecule has 0 bridgehead atoms. The van der Waals surface area contributed by atoms with Crippen molar-refractivity contribution in [1.29, 1.82) is 0 Å². The number of nitrogens with zero attached hydrogens (tertiary/aromatic N) is 5. The van der Waals surface area contributed by atoms with Crippen LogP contribution in [0.15, 0.2) is 0 Å². The molecule has 3 rings (SSSR count). The summed E-state index contributed by atoms with van der Waals surface area (Å²) >= 11 is 1.62. The molecule has 0 unspecified atom stereocenters. The molecule has 7 heteroatoms. The monoisotopic (exact) mass is 321 g/mol. The highest BCUT2D eigenvalue weighted by atomic mass is 32.1. The van der Waals surface area contributed by atoms with Gasteiger partial charge in [-0.2, -0.15) is 9.61 Å². The normalized spacial score (nSPS) is 17.4. The van der Waals surface area contributed by atoms with Crippen LogP contribution in [0.3, 0.4) is 0 Å². The molecule has 0 aliphatic carbocycles. The molecule has 1 fully saturated rings. The maximum atomic E-state index is 12.3. The van der Waals surface area contributed by atoms with Gasteiger partial charge in [-0.1, -0.05) is 32.1 Å². The van der Waals surface area contributed by atoms with Gasteiger partial charge >= 0.3 is 0 Å². The van der Waals surface area contributed by atoms with Crippen molar-refractivity contribution >= 4 is 22.2 Å². The van der Waals surface area contributed by atoms with Gasteiger partial charge in [-0.3, -0.25) is 4.79 Å². The third-order valence-electron chi connectivity index (χ3n) is 4.04. The summed E-state index contributed by atoms with van der Waals surface area (Å²) in [6, 6.07) is 0. The molecule has 0 saturated carbocycles. The molecule has 3 heterocycles. The Morgan fingerprint density at radius 3 is 2.55 bits per heavy atom. The molecule has 0 N–H and O–H groups in total. The van der Waals surface area contributed by atoms with Crippen LogP contribution in [0.1, 0.15) is 56.8 Å². The fraction of sp³-hybridized carbons (Fsp3) is 0.733. The van der Waals surface area contributed by atoms with Crippen LogP contribution in [-0.2, 0) is 4.79 Å². The number of amides is 1. The highest BCUT2D eigenvalue weighted by molar-refractivity contribution is 7.16. The van der Waals surface area contributed by atoms with Crippen molar-refractivity contribution < 1.29 is 4.79 Å². The maximum absolute atomic E-state index is 12.3.